The van der Waals surface area contributed by atoms with Gasteiger partial charge in [-0.05, 0) is 41.8 Å². The predicted molar refractivity (Wildman–Crippen MR) is 132 cm³/mol. The molecule has 0 saturated carbocycles. The molecule has 3 N–H and O–H groups in total. The van der Waals surface area contributed by atoms with Crippen molar-refractivity contribution in [2.75, 3.05) is 18.4 Å². The number of carboxylic acid groups (broad SMARTS) is 1. The zero-order valence-electron chi connectivity index (χ0n) is 19.3. The van der Waals surface area contributed by atoms with Gasteiger partial charge in [-0.3, -0.25) is 19.4 Å². The lowest BCUT2D eigenvalue weighted by atomic mass is 10.1. The van der Waals surface area contributed by atoms with E-state index >= 15 is 0 Å². The van der Waals surface area contributed by atoms with Crippen LogP contribution in [-0.4, -0.2) is 51.9 Å². The third-order valence-corrected chi connectivity index (χ3v) is 5.96. The molecular weight excluding hydrogens is 444 g/mol. The minimum atomic E-state index is -1.06. The summed E-state index contributed by atoms with van der Waals surface area (Å²) in [5, 5.41) is 15.3. The van der Waals surface area contributed by atoms with Crippen molar-refractivity contribution in [1.29, 1.82) is 0 Å². The Morgan fingerprint density at radius 2 is 1.86 bits per heavy atom. The zero-order chi connectivity index (χ0) is 24.6. The molecule has 2 amide bonds. The van der Waals surface area contributed by atoms with Crippen LogP contribution in [0.1, 0.15) is 33.6 Å². The lowest BCUT2D eigenvalue weighted by Gasteiger charge is -2.24. The van der Waals surface area contributed by atoms with Gasteiger partial charge in [0.05, 0.1) is 6.42 Å². The second-order valence-electron chi connectivity index (χ2n) is 8.49. The van der Waals surface area contributed by atoms with E-state index in [-0.39, 0.29) is 18.2 Å². The van der Waals surface area contributed by atoms with E-state index in [1.165, 1.54) is 0 Å². The Bertz CT molecular complexity index is 1180. The van der Waals surface area contributed by atoms with Gasteiger partial charge in [-0.15, -0.1) is 0 Å². The fourth-order valence-corrected chi connectivity index (χ4v) is 4.11. The summed E-state index contributed by atoms with van der Waals surface area (Å²) in [6.07, 6.45) is 2.65. The van der Waals surface area contributed by atoms with Gasteiger partial charge in [-0.2, -0.15) is 0 Å². The summed E-state index contributed by atoms with van der Waals surface area (Å²) in [6, 6.07) is 19.8. The highest BCUT2D eigenvalue weighted by molar-refractivity contribution is 5.96. The predicted octanol–water partition coefficient (Wildman–Crippen LogP) is 2.89. The standard InChI is InChI=1S/C27H28N4O4/c32-25(33)17-24-27(35)31(15-12-19-6-2-1-3-7-19)18-21-10-9-20(16-23(21)30-24)26(34)29-14-11-22-8-4-5-13-28-22/h1-10,13,16,24,30H,11-12,14-15,17-18H2,(H,29,34)(H,32,33)/t24-/m1/s1. The molecule has 0 bridgehead atoms. The Kier molecular flexibility index (Phi) is 7.72. The minimum Gasteiger partial charge on any atom is -0.481 e. The Balaban J connectivity index is 1.47. The number of aromatic nitrogens is 1. The van der Waals surface area contributed by atoms with Crippen LogP contribution in [0.3, 0.4) is 0 Å². The lowest BCUT2D eigenvalue weighted by Crippen LogP contribution is -2.42. The fourth-order valence-electron chi connectivity index (χ4n) is 4.11. The second kappa shape index (κ2) is 11.3. The highest BCUT2D eigenvalue weighted by Crippen LogP contribution is 2.26. The summed E-state index contributed by atoms with van der Waals surface area (Å²) >= 11 is 0. The number of carboxylic acids is 1. The van der Waals surface area contributed by atoms with Gasteiger partial charge in [0.25, 0.3) is 5.91 Å². The number of fused-ring (bicyclic) bond motifs is 1. The summed E-state index contributed by atoms with van der Waals surface area (Å²) in [4.78, 5) is 43.3. The van der Waals surface area contributed by atoms with Crippen LogP contribution in [0.2, 0.25) is 0 Å². The molecule has 0 aliphatic carbocycles. The maximum absolute atomic E-state index is 13.2. The van der Waals surface area contributed by atoms with Gasteiger partial charge in [0.2, 0.25) is 5.91 Å². The van der Waals surface area contributed by atoms with Crippen molar-refractivity contribution >= 4 is 23.5 Å². The first-order chi connectivity index (χ1) is 17.0. The van der Waals surface area contributed by atoms with Crippen LogP contribution in [0.4, 0.5) is 5.69 Å². The molecule has 180 valence electrons. The zero-order valence-corrected chi connectivity index (χ0v) is 19.3. The third kappa shape index (κ3) is 6.44. The molecule has 35 heavy (non-hydrogen) atoms. The smallest absolute Gasteiger partial charge is 0.305 e. The molecule has 2 heterocycles. The van der Waals surface area contributed by atoms with E-state index in [1.807, 2.05) is 54.6 Å². The number of hydrogen-bond donors (Lipinski definition) is 3. The van der Waals surface area contributed by atoms with E-state index < -0.39 is 12.0 Å². The van der Waals surface area contributed by atoms with Crippen molar-refractivity contribution in [2.24, 2.45) is 0 Å². The SMILES string of the molecule is O=C(O)C[C@H]1Nc2cc(C(=O)NCCc3ccccn3)ccc2CN(CCc2ccccc2)C1=O. The first-order valence-electron chi connectivity index (χ1n) is 11.6. The van der Waals surface area contributed by atoms with Crippen molar-refractivity contribution in [2.45, 2.75) is 31.8 Å². The molecular formula is C27H28N4O4. The van der Waals surface area contributed by atoms with Gasteiger partial charge < -0.3 is 20.6 Å². The number of amides is 2. The highest BCUT2D eigenvalue weighted by atomic mass is 16.4. The molecule has 8 nitrogen and oxygen atoms in total. The molecule has 4 rings (SSSR count). The van der Waals surface area contributed by atoms with Gasteiger partial charge in [-0.1, -0.05) is 42.5 Å². The van der Waals surface area contributed by atoms with E-state index in [1.54, 1.807) is 23.2 Å². The van der Waals surface area contributed by atoms with Gasteiger partial charge in [0.1, 0.15) is 6.04 Å². The largest absolute Gasteiger partial charge is 0.481 e. The van der Waals surface area contributed by atoms with Crippen LogP contribution >= 0.6 is 0 Å². The van der Waals surface area contributed by atoms with Crippen molar-refractivity contribution in [3.63, 3.8) is 0 Å². The summed E-state index contributed by atoms with van der Waals surface area (Å²) in [6.45, 7) is 1.25. The molecule has 0 spiro atoms. The number of carbonyl (C=O) groups excluding carboxylic acids is 2. The van der Waals surface area contributed by atoms with Gasteiger partial charge in [0, 0.05) is 49.2 Å². The number of anilines is 1. The molecule has 1 aliphatic heterocycles. The number of carbonyl (C=O) groups is 3. The molecule has 0 radical (unpaired) electrons. The summed E-state index contributed by atoms with van der Waals surface area (Å²) in [5.74, 6) is -1.57. The van der Waals surface area contributed by atoms with Crippen molar-refractivity contribution < 1.29 is 19.5 Å². The molecule has 1 atom stereocenters. The number of hydrogen-bond acceptors (Lipinski definition) is 5. The van der Waals surface area contributed by atoms with E-state index in [4.69, 9.17) is 0 Å². The van der Waals surface area contributed by atoms with Crippen LogP contribution in [0.15, 0.2) is 72.9 Å². The molecule has 1 aromatic heterocycles. The topological polar surface area (TPSA) is 112 Å². The van der Waals surface area contributed by atoms with Gasteiger partial charge in [-0.25, -0.2) is 0 Å². The van der Waals surface area contributed by atoms with E-state index in [2.05, 4.69) is 15.6 Å². The van der Waals surface area contributed by atoms with Crippen LogP contribution in [0.5, 0.6) is 0 Å². The molecule has 1 aliphatic rings. The lowest BCUT2D eigenvalue weighted by molar-refractivity contribution is -0.141. The monoisotopic (exact) mass is 472 g/mol. The molecule has 8 heteroatoms. The van der Waals surface area contributed by atoms with Crippen LogP contribution in [-0.2, 0) is 29.0 Å². The second-order valence-corrected chi connectivity index (χ2v) is 8.49. The number of rotatable bonds is 9. The first kappa shape index (κ1) is 23.9. The molecule has 0 saturated heterocycles. The summed E-state index contributed by atoms with van der Waals surface area (Å²) in [5.41, 5.74) is 3.87. The van der Waals surface area contributed by atoms with Gasteiger partial charge >= 0.3 is 5.97 Å². The van der Waals surface area contributed by atoms with Gasteiger partial charge in [0.15, 0.2) is 0 Å². The number of nitrogens with zero attached hydrogens (tertiary/aromatic N) is 2. The highest BCUT2D eigenvalue weighted by Gasteiger charge is 2.31. The van der Waals surface area contributed by atoms with Crippen molar-refractivity contribution in [3.8, 4) is 0 Å². The van der Waals surface area contributed by atoms with Crippen LogP contribution in [0.25, 0.3) is 0 Å². The van der Waals surface area contributed by atoms with Crippen LogP contribution in [0, 0.1) is 0 Å². The normalized spacial score (nSPS) is 15.0. The maximum atomic E-state index is 13.2. The average molecular weight is 473 g/mol. The number of benzene rings is 2. The van der Waals surface area contributed by atoms with Crippen LogP contribution < -0.4 is 10.6 Å². The number of nitrogens with one attached hydrogen (secondary N) is 2. The average Bonchev–Trinajstić information content (AvgIpc) is 2.99. The quantitative estimate of drug-likeness (QED) is 0.442. The fraction of sp³-hybridized carbons (Fsp3) is 0.259. The minimum absolute atomic E-state index is 0.239. The Morgan fingerprint density at radius 3 is 2.60 bits per heavy atom. The Labute approximate surface area is 204 Å². The van der Waals surface area contributed by atoms with E-state index in [0.717, 1.165) is 16.8 Å². The first-order valence-corrected chi connectivity index (χ1v) is 11.6. The Hall–Kier alpha value is -4.20. The summed E-state index contributed by atoms with van der Waals surface area (Å²) in [7, 11) is 0. The number of aliphatic carboxylic acids is 1. The number of pyridine rings is 1. The molecule has 0 unspecified atom stereocenters. The molecule has 0 fully saturated rings. The van der Waals surface area contributed by atoms with E-state index in [9.17, 15) is 19.5 Å². The molecule has 2 aromatic carbocycles. The van der Waals surface area contributed by atoms with Crippen molar-refractivity contribution in [3.05, 3.63) is 95.3 Å². The molecule has 3 aromatic rings. The van der Waals surface area contributed by atoms with E-state index in [0.29, 0.717) is 43.7 Å². The third-order valence-electron chi connectivity index (χ3n) is 5.96. The van der Waals surface area contributed by atoms with Crippen molar-refractivity contribution in [1.82, 2.24) is 15.2 Å². The summed E-state index contributed by atoms with van der Waals surface area (Å²) < 4.78 is 0. The maximum Gasteiger partial charge on any atom is 0.305 e. The Morgan fingerprint density at radius 1 is 1.06 bits per heavy atom.